The van der Waals surface area contributed by atoms with E-state index in [2.05, 4.69) is 17.2 Å². The average molecular weight is 308 g/mol. The molecule has 23 heavy (non-hydrogen) atoms. The molecular formula is C19H20N2O2. The van der Waals surface area contributed by atoms with Crippen LogP contribution in [-0.2, 0) is 13.0 Å². The van der Waals surface area contributed by atoms with E-state index in [-0.39, 0.29) is 11.6 Å². The number of aryl methyl sites for hydroxylation is 1. The zero-order chi connectivity index (χ0) is 16.1. The van der Waals surface area contributed by atoms with Crippen molar-refractivity contribution in [1.29, 1.82) is 0 Å². The van der Waals surface area contributed by atoms with Gasteiger partial charge in [0.05, 0.1) is 10.9 Å². The van der Waals surface area contributed by atoms with E-state index in [9.17, 15) is 4.79 Å². The first kappa shape index (κ1) is 15.3. The first-order valence-electron chi connectivity index (χ1n) is 7.98. The highest BCUT2D eigenvalue weighted by atomic mass is 16.4. The number of rotatable bonds is 6. The smallest absolute Gasteiger partial charge is 0.348 e. The molecule has 1 N–H and O–H groups in total. The molecule has 118 valence electrons. The van der Waals surface area contributed by atoms with Crippen LogP contribution in [0.4, 0.5) is 6.01 Å². The van der Waals surface area contributed by atoms with Crippen molar-refractivity contribution in [1.82, 2.24) is 4.98 Å². The molecule has 0 saturated carbocycles. The SMILES string of the molecule is CCCCc1ccc2nc(NCc3ccccc3)oc(=O)c2c1. The minimum Gasteiger partial charge on any atom is -0.389 e. The lowest BCUT2D eigenvalue weighted by molar-refractivity contribution is 0.516. The van der Waals surface area contributed by atoms with Crippen molar-refractivity contribution in [2.24, 2.45) is 0 Å². The molecule has 4 nitrogen and oxygen atoms in total. The molecule has 0 bridgehead atoms. The second-order valence-corrected chi connectivity index (χ2v) is 5.60. The molecule has 0 aliphatic carbocycles. The second kappa shape index (κ2) is 7.09. The van der Waals surface area contributed by atoms with Gasteiger partial charge in [0.2, 0.25) is 0 Å². The number of hydrogen-bond donors (Lipinski definition) is 1. The van der Waals surface area contributed by atoms with Gasteiger partial charge >= 0.3 is 5.63 Å². The average Bonchev–Trinajstić information content (AvgIpc) is 2.59. The van der Waals surface area contributed by atoms with Gasteiger partial charge in [-0.2, -0.15) is 4.98 Å². The van der Waals surface area contributed by atoms with Crippen molar-refractivity contribution >= 4 is 16.9 Å². The summed E-state index contributed by atoms with van der Waals surface area (Å²) in [6, 6.07) is 16.0. The molecule has 0 atom stereocenters. The minimum atomic E-state index is -0.344. The summed E-state index contributed by atoms with van der Waals surface area (Å²) < 4.78 is 5.29. The fraction of sp³-hybridized carbons (Fsp3) is 0.263. The highest BCUT2D eigenvalue weighted by Crippen LogP contribution is 2.15. The summed E-state index contributed by atoms with van der Waals surface area (Å²) in [7, 11) is 0. The van der Waals surface area contributed by atoms with Crippen LogP contribution in [-0.4, -0.2) is 4.98 Å². The Morgan fingerprint density at radius 3 is 2.70 bits per heavy atom. The fourth-order valence-corrected chi connectivity index (χ4v) is 2.50. The highest BCUT2D eigenvalue weighted by molar-refractivity contribution is 5.78. The third-order valence-corrected chi connectivity index (χ3v) is 3.80. The maximum absolute atomic E-state index is 12.2. The van der Waals surface area contributed by atoms with Crippen LogP contribution in [0, 0.1) is 0 Å². The molecule has 1 heterocycles. The monoisotopic (exact) mass is 308 g/mol. The van der Waals surface area contributed by atoms with E-state index in [4.69, 9.17) is 4.42 Å². The van der Waals surface area contributed by atoms with E-state index in [0.29, 0.717) is 17.4 Å². The van der Waals surface area contributed by atoms with Gasteiger partial charge in [0, 0.05) is 6.54 Å². The van der Waals surface area contributed by atoms with E-state index in [1.165, 1.54) is 0 Å². The predicted octanol–water partition coefficient (Wildman–Crippen LogP) is 4.14. The molecule has 4 heteroatoms. The Bertz CT molecular complexity index is 841. The Balaban J connectivity index is 1.82. The molecular weight excluding hydrogens is 288 g/mol. The molecule has 0 saturated heterocycles. The number of fused-ring (bicyclic) bond motifs is 1. The molecule has 0 aliphatic rings. The lowest BCUT2D eigenvalue weighted by Crippen LogP contribution is -2.08. The van der Waals surface area contributed by atoms with Crippen molar-refractivity contribution in [2.45, 2.75) is 32.7 Å². The Hall–Kier alpha value is -2.62. The van der Waals surface area contributed by atoms with Gasteiger partial charge in [0.1, 0.15) is 0 Å². The third kappa shape index (κ3) is 3.77. The Morgan fingerprint density at radius 1 is 1.09 bits per heavy atom. The van der Waals surface area contributed by atoms with Crippen LogP contribution in [0.1, 0.15) is 30.9 Å². The maximum Gasteiger partial charge on any atom is 0.348 e. The summed E-state index contributed by atoms with van der Waals surface area (Å²) in [5.41, 5.74) is 2.58. The summed E-state index contributed by atoms with van der Waals surface area (Å²) >= 11 is 0. The van der Waals surface area contributed by atoms with Crippen molar-refractivity contribution in [3.63, 3.8) is 0 Å². The summed E-state index contributed by atoms with van der Waals surface area (Å²) in [6.45, 7) is 2.72. The number of nitrogens with one attached hydrogen (secondary N) is 1. The summed E-state index contributed by atoms with van der Waals surface area (Å²) in [6.07, 6.45) is 3.22. The van der Waals surface area contributed by atoms with Gasteiger partial charge in [-0.1, -0.05) is 49.7 Å². The van der Waals surface area contributed by atoms with Gasteiger partial charge in [-0.25, -0.2) is 4.79 Å². The fourth-order valence-electron chi connectivity index (χ4n) is 2.50. The number of nitrogens with zero attached hydrogens (tertiary/aromatic N) is 1. The minimum absolute atomic E-state index is 0.257. The van der Waals surface area contributed by atoms with E-state index in [0.717, 1.165) is 30.4 Å². The van der Waals surface area contributed by atoms with E-state index >= 15 is 0 Å². The van der Waals surface area contributed by atoms with Crippen LogP contribution >= 0.6 is 0 Å². The predicted molar refractivity (Wildman–Crippen MR) is 92.7 cm³/mol. The van der Waals surface area contributed by atoms with Crippen molar-refractivity contribution in [2.75, 3.05) is 5.32 Å². The molecule has 0 unspecified atom stereocenters. The van der Waals surface area contributed by atoms with E-state index in [1.54, 1.807) is 0 Å². The Labute approximate surface area is 135 Å². The number of benzene rings is 2. The van der Waals surface area contributed by atoms with Gasteiger partial charge in [-0.3, -0.25) is 0 Å². The van der Waals surface area contributed by atoms with E-state index < -0.39 is 0 Å². The largest absolute Gasteiger partial charge is 0.389 e. The van der Waals surface area contributed by atoms with Crippen molar-refractivity contribution in [3.8, 4) is 0 Å². The lowest BCUT2D eigenvalue weighted by atomic mass is 10.1. The molecule has 0 aliphatic heterocycles. The van der Waals surface area contributed by atoms with Crippen LogP contribution < -0.4 is 10.9 Å². The Kier molecular flexibility index (Phi) is 4.71. The zero-order valence-corrected chi connectivity index (χ0v) is 13.2. The number of aromatic nitrogens is 1. The quantitative estimate of drug-likeness (QED) is 0.743. The van der Waals surface area contributed by atoms with Crippen LogP contribution in [0.5, 0.6) is 0 Å². The maximum atomic E-state index is 12.2. The molecule has 3 rings (SSSR count). The van der Waals surface area contributed by atoms with Crippen LogP contribution in [0.25, 0.3) is 10.9 Å². The third-order valence-electron chi connectivity index (χ3n) is 3.80. The molecule has 3 aromatic rings. The van der Waals surface area contributed by atoms with Gasteiger partial charge in [-0.05, 0) is 36.1 Å². The summed E-state index contributed by atoms with van der Waals surface area (Å²) in [5, 5.41) is 3.61. The van der Waals surface area contributed by atoms with E-state index in [1.807, 2.05) is 48.5 Å². The van der Waals surface area contributed by atoms with Gasteiger partial charge in [0.25, 0.3) is 6.01 Å². The second-order valence-electron chi connectivity index (χ2n) is 5.60. The van der Waals surface area contributed by atoms with Crippen molar-refractivity contribution in [3.05, 3.63) is 70.1 Å². The zero-order valence-electron chi connectivity index (χ0n) is 13.2. The molecule has 0 fully saturated rings. The first-order valence-corrected chi connectivity index (χ1v) is 7.98. The molecule has 1 aromatic heterocycles. The summed E-state index contributed by atoms with van der Waals surface area (Å²) in [4.78, 5) is 16.6. The molecule has 2 aromatic carbocycles. The van der Waals surface area contributed by atoms with Gasteiger partial charge in [-0.15, -0.1) is 0 Å². The van der Waals surface area contributed by atoms with Gasteiger partial charge in [0.15, 0.2) is 0 Å². The first-order chi connectivity index (χ1) is 11.3. The van der Waals surface area contributed by atoms with Crippen LogP contribution in [0.2, 0.25) is 0 Å². The standard InChI is InChI=1S/C19H20N2O2/c1-2-3-7-14-10-11-17-16(12-14)18(22)23-19(21-17)20-13-15-8-5-4-6-9-15/h4-6,8-12H,2-3,7,13H2,1H3,(H,20,21). The molecule has 0 amide bonds. The molecule has 0 spiro atoms. The normalized spacial score (nSPS) is 10.8. The van der Waals surface area contributed by atoms with Crippen molar-refractivity contribution < 1.29 is 4.42 Å². The topological polar surface area (TPSA) is 55.1 Å². The number of anilines is 1. The van der Waals surface area contributed by atoms with Gasteiger partial charge < -0.3 is 9.73 Å². The van der Waals surface area contributed by atoms with Crippen LogP contribution in [0.15, 0.2) is 57.7 Å². The highest BCUT2D eigenvalue weighted by Gasteiger charge is 2.07. The van der Waals surface area contributed by atoms with Crippen LogP contribution in [0.3, 0.4) is 0 Å². The summed E-state index contributed by atoms with van der Waals surface area (Å²) in [5.74, 6) is 0. The number of unbranched alkanes of at least 4 members (excludes halogenated alkanes) is 1. The Morgan fingerprint density at radius 2 is 1.91 bits per heavy atom. The number of hydrogen-bond acceptors (Lipinski definition) is 4. The molecule has 0 radical (unpaired) electrons. The lowest BCUT2D eigenvalue weighted by Gasteiger charge is -2.06.